The molecule has 2 rings (SSSR count). The van der Waals surface area contributed by atoms with Gasteiger partial charge in [-0.1, -0.05) is 0 Å². The molecule has 1 atom stereocenters. The highest BCUT2D eigenvalue weighted by Gasteiger charge is 2.30. The van der Waals surface area contributed by atoms with Crippen LogP contribution in [-0.4, -0.2) is 43.9 Å². The third-order valence-corrected chi connectivity index (χ3v) is 4.97. The first-order valence-electron chi connectivity index (χ1n) is 7.39. The molecule has 0 aromatic heterocycles. The van der Waals surface area contributed by atoms with Gasteiger partial charge in [-0.25, -0.2) is 12.7 Å². The SMILES string of the molecule is CC(=O)Nc1ccc(NC(=O)[C@@H]2CCCN(S(C)(=O)=O)C2)cc1. The van der Waals surface area contributed by atoms with E-state index in [2.05, 4.69) is 10.6 Å². The van der Waals surface area contributed by atoms with Gasteiger partial charge in [-0.2, -0.15) is 0 Å². The van der Waals surface area contributed by atoms with Crippen LogP contribution < -0.4 is 10.6 Å². The lowest BCUT2D eigenvalue weighted by Gasteiger charge is -2.30. The molecule has 2 amide bonds. The van der Waals surface area contributed by atoms with Crippen molar-refractivity contribution in [3.05, 3.63) is 24.3 Å². The number of nitrogens with zero attached hydrogens (tertiary/aromatic N) is 1. The summed E-state index contributed by atoms with van der Waals surface area (Å²) in [6.07, 6.45) is 2.50. The summed E-state index contributed by atoms with van der Waals surface area (Å²) in [6.45, 7) is 2.11. The van der Waals surface area contributed by atoms with E-state index in [0.717, 1.165) is 6.26 Å². The van der Waals surface area contributed by atoms with Crippen LogP contribution in [-0.2, 0) is 19.6 Å². The molecule has 1 aromatic rings. The monoisotopic (exact) mass is 339 g/mol. The van der Waals surface area contributed by atoms with E-state index in [-0.39, 0.29) is 24.3 Å². The molecule has 0 spiro atoms. The van der Waals surface area contributed by atoms with Crippen molar-refractivity contribution in [2.45, 2.75) is 19.8 Å². The molecule has 7 nitrogen and oxygen atoms in total. The van der Waals surface area contributed by atoms with Crippen molar-refractivity contribution in [2.24, 2.45) is 5.92 Å². The van der Waals surface area contributed by atoms with Crippen molar-refractivity contribution >= 4 is 33.2 Å². The highest BCUT2D eigenvalue weighted by molar-refractivity contribution is 7.88. The lowest BCUT2D eigenvalue weighted by molar-refractivity contribution is -0.121. The molecule has 0 aliphatic carbocycles. The Kier molecular flexibility index (Phi) is 5.38. The molecule has 1 aliphatic rings. The first kappa shape index (κ1) is 17.4. The molecule has 0 bridgehead atoms. The molecule has 0 radical (unpaired) electrons. The molecule has 0 unspecified atom stereocenters. The molecule has 1 heterocycles. The predicted octanol–water partition coefficient (Wildman–Crippen LogP) is 1.26. The minimum absolute atomic E-state index is 0.162. The van der Waals surface area contributed by atoms with Crippen LogP contribution in [0.1, 0.15) is 19.8 Å². The van der Waals surface area contributed by atoms with Gasteiger partial charge in [0.05, 0.1) is 12.2 Å². The van der Waals surface area contributed by atoms with Crippen LogP contribution in [0.25, 0.3) is 0 Å². The highest BCUT2D eigenvalue weighted by atomic mass is 32.2. The van der Waals surface area contributed by atoms with Gasteiger partial charge in [0.25, 0.3) is 0 Å². The number of amides is 2. The summed E-state index contributed by atoms with van der Waals surface area (Å²) < 4.78 is 24.5. The number of anilines is 2. The summed E-state index contributed by atoms with van der Waals surface area (Å²) in [4.78, 5) is 23.3. The van der Waals surface area contributed by atoms with Gasteiger partial charge in [0.15, 0.2) is 0 Å². The number of carbonyl (C=O) groups excluding carboxylic acids is 2. The Bertz CT molecular complexity index is 685. The lowest BCUT2D eigenvalue weighted by Crippen LogP contribution is -2.43. The van der Waals surface area contributed by atoms with Crippen molar-refractivity contribution in [1.29, 1.82) is 0 Å². The van der Waals surface area contributed by atoms with Gasteiger partial charge < -0.3 is 10.6 Å². The van der Waals surface area contributed by atoms with Crippen LogP contribution >= 0.6 is 0 Å². The zero-order valence-electron chi connectivity index (χ0n) is 13.2. The van der Waals surface area contributed by atoms with E-state index < -0.39 is 10.0 Å². The first-order valence-corrected chi connectivity index (χ1v) is 9.24. The molecular weight excluding hydrogens is 318 g/mol. The standard InChI is InChI=1S/C15H21N3O4S/c1-11(19)16-13-5-7-14(8-6-13)17-15(20)12-4-3-9-18(10-12)23(2,21)22/h5-8,12H,3-4,9-10H2,1-2H3,(H,16,19)(H,17,20)/t12-/m1/s1. The Hall–Kier alpha value is -1.93. The maximum Gasteiger partial charge on any atom is 0.228 e. The maximum atomic E-state index is 12.3. The third kappa shape index (κ3) is 5.04. The summed E-state index contributed by atoms with van der Waals surface area (Å²) >= 11 is 0. The summed E-state index contributed by atoms with van der Waals surface area (Å²) in [5.41, 5.74) is 1.26. The molecule has 1 saturated heterocycles. The number of sulfonamides is 1. The maximum absolute atomic E-state index is 12.3. The van der Waals surface area contributed by atoms with E-state index >= 15 is 0 Å². The van der Waals surface area contributed by atoms with Crippen molar-refractivity contribution in [1.82, 2.24) is 4.31 Å². The van der Waals surface area contributed by atoms with Crippen molar-refractivity contribution in [2.75, 3.05) is 30.0 Å². The van der Waals surface area contributed by atoms with E-state index in [1.54, 1.807) is 24.3 Å². The fourth-order valence-electron chi connectivity index (χ4n) is 2.54. The first-order chi connectivity index (χ1) is 10.8. The third-order valence-electron chi connectivity index (χ3n) is 3.70. The van der Waals surface area contributed by atoms with Gasteiger partial charge in [0, 0.05) is 31.4 Å². The zero-order valence-corrected chi connectivity index (χ0v) is 14.0. The van der Waals surface area contributed by atoms with E-state index in [0.29, 0.717) is 30.8 Å². The van der Waals surface area contributed by atoms with Gasteiger partial charge in [-0.3, -0.25) is 9.59 Å². The molecule has 0 saturated carbocycles. The number of benzene rings is 1. The minimum atomic E-state index is -3.27. The van der Waals surface area contributed by atoms with Crippen molar-refractivity contribution in [3.8, 4) is 0 Å². The number of rotatable bonds is 4. The Labute approximate surface area is 136 Å². The lowest BCUT2D eigenvalue weighted by atomic mass is 9.98. The molecular formula is C15H21N3O4S. The molecule has 1 aromatic carbocycles. The Morgan fingerprint density at radius 2 is 1.70 bits per heavy atom. The topological polar surface area (TPSA) is 95.6 Å². The van der Waals surface area contributed by atoms with E-state index in [9.17, 15) is 18.0 Å². The smallest absolute Gasteiger partial charge is 0.228 e. The quantitative estimate of drug-likeness (QED) is 0.863. The van der Waals surface area contributed by atoms with Crippen LogP contribution in [0, 0.1) is 5.92 Å². The van der Waals surface area contributed by atoms with E-state index in [4.69, 9.17) is 0 Å². The molecule has 8 heteroatoms. The van der Waals surface area contributed by atoms with Crippen LogP contribution in [0.5, 0.6) is 0 Å². The molecule has 1 fully saturated rings. The number of hydrogen-bond donors (Lipinski definition) is 2. The minimum Gasteiger partial charge on any atom is -0.326 e. The summed E-state index contributed by atoms with van der Waals surface area (Å²) in [5.74, 6) is -0.705. The van der Waals surface area contributed by atoms with Gasteiger partial charge in [-0.05, 0) is 37.1 Å². The average molecular weight is 339 g/mol. The van der Waals surface area contributed by atoms with Crippen molar-refractivity contribution in [3.63, 3.8) is 0 Å². The number of hydrogen-bond acceptors (Lipinski definition) is 4. The average Bonchev–Trinajstić information content (AvgIpc) is 2.48. The normalized spacial score (nSPS) is 19.1. The van der Waals surface area contributed by atoms with Crippen LogP contribution in [0.2, 0.25) is 0 Å². The Balaban J connectivity index is 1.97. The fourth-order valence-corrected chi connectivity index (χ4v) is 3.45. The van der Waals surface area contributed by atoms with Crippen LogP contribution in [0.3, 0.4) is 0 Å². The highest BCUT2D eigenvalue weighted by Crippen LogP contribution is 2.21. The second-order valence-electron chi connectivity index (χ2n) is 5.71. The second-order valence-corrected chi connectivity index (χ2v) is 7.69. The van der Waals surface area contributed by atoms with Crippen LogP contribution in [0.15, 0.2) is 24.3 Å². The van der Waals surface area contributed by atoms with Crippen LogP contribution in [0.4, 0.5) is 11.4 Å². The number of piperidine rings is 1. The predicted molar refractivity (Wildman–Crippen MR) is 88.5 cm³/mol. The Morgan fingerprint density at radius 3 is 2.22 bits per heavy atom. The fraction of sp³-hybridized carbons (Fsp3) is 0.467. The number of nitrogens with one attached hydrogen (secondary N) is 2. The molecule has 23 heavy (non-hydrogen) atoms. The van der Waals surface area contributed by atoms with E-state index in [1.165, 1.54) is 11.2 Å². The zero-order chi connectivity index (χ0) is 17.0. The van der Waals surface area contributed by atoms with Gasteiger partial charge >= 0.3 is 0 Å². The summed E-state index contributed by atoms with van der Waals surface area (Å²) in [6, 6.07) is 6.78. The molecule has 2 N–H and O–H groups in total. The number of carbonyl (C=O) groups is 2. The molecule has 1 aliphatic heterocycles. The molecule has 126 valence electrons. The largest absolute Gasteiger partial charge is 0.326 e. The van der Waals surface area contributed by atoms with Crippen molar-refractivity contribution < 1.29 is 18.0 Å². The van der Waals surface area contributed by atoms with E-state index in [1.807, 2.05) is 0 Å². The Morgan fingerprint density at radius 1 is 1.13 bits per heavy atom. The summed E-state index contributed by atoms with van der Waals surface area (Å²) in [7, 11) is -3.27. The van der Waals surface area contributed by atoms with Gasteiger partial charge in [0.1, 0.15) is 0 Å². The van der Waals surface area contributed by atoms with Gasteiger partial charge in [0.2, 0.25) is 21.8 Å². The second kappa shape index (κ2) is 7.10. The van der Waals surface area contributed by atoms with Gasteiger partial charge in [-0.15, -0.1) is 0 Å². The summed E-state index contributed by atoms with van der Waals surface area (Å²) in [5, 5.41) is 5.44.